The van der Waals surface area contributed by atoms with Crippen LogP contribution < -0.4 is 10.3 Å². The van der Waals surface area contributed by atoms with Crippen molar-refractivity contribution in [2.75, 3.05) is 6.61 Å². The highest BCUT2D eigenvalue weighted by Gasteiger charge is 2.15. The van der Waals surface area contributed by atoms with Crippen LogP contribution in [0.25, 0.3) is 11.1 Å². The van der Waals surface area contributed by atoms with Gasteiger partial charge < -0.3 is 9.72 Å². The lowest BCUT2D eigenvalue weighted by molar-refractivity contribution is 0.309. The number of hydrogen-bond donors (Lipinski definition) is 1. The molecule has 1 aromatic carbocycles. The summed E-state index contributed by atoms with van der Waals surface area (Å²) in [7, 11) is 0. The van der Waals surface area contributed by atoms with Crippen molar-refractivity contribution in [1.29, 1.82) is 5.26 Å². The van der Waals surface area contributed by atoms with Crippen LogP contribution in [0, 0.1) is 32.1 Å². The molecule has 0 fully saturated rings. The summed E-state index contributed by atoms with van der Waals surface area (Å²) >= 11 is 0. The number of pyridine rings is 1. The molecule has 0 radical (unpaired) electrons. The first-order valence-electron chi connectivity index (χ1n) is 7.86. The van der Waals surface area contributed by atoms with Crippen molar-refractivity contribution in [3.8, 4) is 22.9 Å². The molecule has 0 saturated heterocycles. The standard InChI is InChI=1S/C19H22N2O2/c1-5-6-7-23-15-8-12(2)18(13(3)9-15)16-10-14(4)21-19(22)17(16)11-20/h8-10H,5-7H2,1-4H3,(H,21,22). The van der Waals surface area contributed by atoms with E-state index < -0.39 is 0 Å². The first-order valence-corrected chi connectivity index (χ1v) is 7.86. The Hall–Kier alpha value is -2.54. The molecule has 0 bridgehead atoms. The van der Waals surface area contributed by atoms with E-state index in [-0.39, 0.29) is 11.1 Å². The van der Waals surface area contributed by atoms with Crippen LogP contribution in [0.15, 0.2) is 23.0 Å². The van der Waals surface area contributed by atoms with E-state index in [1.165, 1.54) is 0 Å². The minimum absolute atomic E-state index is 0.154. The van der Waals surface area contributed by atoms with Crippen LogP contribution in [0.3, 0.4) is 0 Å². The average Bonchev–Trinajstić information content (AvgIpc) is 2.46. The fourth-order valence-electron chi connectivity index (χ4n) is 2.76. The summed E-state index contributed by atoms with van der Waals surface area (Å²) in [5.74, 6) is 0.831. The Morgan fingerprint density at radius 3 is 2.39 bits per heavy atom. The largest absolute Gasteiger partial charge is 0.494 e. The summed E-state index contributed by atoms with van der Waals surface area (Å²) in [5.41, 5.74) is 4.16. The molecule has 2 rings (SSSR count). The van der Waals surface area contributed by atoms with E-state index in [0.29, 0.717) is 12.2 Å². The third-order valence-corrected chi connectivity index (χ3v) is 3.82. The minimum Gasteiger partial charge on any atom is -0.494 e. The Morgan fingerprint density at radius 2 is 1.83 bits per heavy atom. The molecule has 1 N–H and O–H groups in total. The number of nitrogens with one attached hydrogen (secondary N) is 1. The van der Waals surface area contributed by atoms with Crippen LogP contribution in [0.5, 0.6) is 5.75 Å². The lowest BCUT2D eigenvalue weighted by Gasteiger charge is -2.15. The number of nitriles is 1. The van der Waals surface area contributed by atoms with Gasteiger partial charge in [-0.25, -0.2) is 0 Å². The van der Waals surface area contributed by atoms with Crippen LogP contribution in [0.2, 0.25) is 0 Å². The van der Waals surface area contributed by atoms with Crippen LogP contribution in [0.1, 0.15) is 42.1 Å². The predicted molar refractivity (Wildman–Crippen MR) is 91.8 cm³/mol. The molecule has 0 unspecified atom stereocenters. The Balaban J connectivity index is 2.54. The molecule has 4 heteroatoms. The topological polar surface area (TPSA) is 65.9 Å². The van der Waals surface area contributed by atoms with Gasteiger partial charge in [0.15, 0.2) is 0 Å². The highest BCUT2D eigenvalue weighted by atomic mass is 16.5. The fraction of sp³-hybridized carbons (Fsp3) is 0.368. The number of aromatic nitrogens is 1. The van der Waals surface area contributed by atoms with Gasteiger partial charge in [0.2, 0.25) is 0 Å². The normalized spacial score (nSPS) is 10.4. The first-order chi connectivity index (χ1) is 11.0. The Morgan fingerprint density at radius 1 is 1.17 bits per heavy atom. The number of unbranched alkanes of at least 4 members (excludes halogenated alkanes) is 1. The molecule has 0 amide bonds. The number of H-pyrrole nitrogens is 1. The maximum Gasteiger partial charge on any atom is 0.266 e. The molecule has 0 aliphatic carbocycles. The number of hydrogen-bond acceptors (Lipinski definition) is 3. The van der Waals surface area contributed by atoms with Gasteiger partial charge in [0.05, 0.1) is 6.61 Å². The summed E-state index contributed by atoms with van der Waals surface area (Å²) in [5, 5.41) is 9.34. The number of ether oxygens (including phenoxy) is 1. The Bertz CT molecular complexity index is 790. The molecule has 0 spiro atoms. The van der Waals surface area contributed by atoms with Crippen LogP contribution in [-0.4, -0.2) is 11.6 Å². The summed E-state index contributed by atoms with van der Waals surface area (Å²) in [4.78, 5) is 14.7. The zero-order valence-corrected chi connectivity index (χ0v) is 14.1. The van der Waals surface area contributed by atoms with Crippen molar-refractivity contribution in [3.05, 3.63) is 50.9 Å². The molecule has 2 aromatic rings. The second-order valence-electron chi connectivity index (χ2n) is 5.82. The predicted octanol–water partition coefficient (Wildman–Crippen LogP) is 4.02. The highest BCUT2D eigenvalue weighted by molar-refractivity contribution is 5.76. The van der Waals surface area contributed by atoms with Crippen molar-refractivity contribution in [1.82, 2.24) is 4.98 Å². The zero-order valence-electron chi connectivity index (χ0n) is 14.1. The van der Waals surface area contributed by atoms with E-state index in [1.807, 2.05) is 45.0 Å². The number of aromatic amines is 1. The quantitative estimate of drug-likeness (QED) is 0.848. The highest BCUT2D eigenvalue weighted by Crippen LogP contribution is 2.32. The van der Waals surface area contributed by atoms with Crippen molar-refractivity contribution in [3.63, 3.8) is 0 Å². The van der Waals surface area contributed by atoms with Crippen molar-refractivity contribution in [2.24, 2.45) is 0 Å². The molecular formula is C19H22N2O2. The van der Waals surface area contributed by atoms with E-state index >= 15 is 0 Å². The second kappa shape index (κ2) is 7.15. The molecule has 1 aromatic heterocycles. The average molecular weight is 310 g/mol. The summed E-state index contributed by atoms with van der Waals surface area (Å²) in [6.07, 6.45) is 2.11. The number of nitrogens with zero attached hydrogens (tertiary/aromatic N) is 1. The van der Waals surface area contributed by atoms with Crippen molar-refractivity contribution in [2.45, 2.75) is 40.5 Å². The van der Waals surface area contributed by atoms with Gasteiger partial charge in [0.1, 0.15) is 17.4 Å². The van der Waals surface area contributed by atoms with Crippen LogP contribution in [0.4, 0.5) is 0 Å². The Kier molecular flexibility index (Phi) is 5.23. The lowest BCUT2D eigenvalue weighted by atomic mass is 9.92. The molecule has 0 aliphatic heterocycles. The van der Waals surface area contributed by atoms with Gasteiger partial charge in [-0.1, -0.05) is 13.3 Å². The summed E-state index contributed by atoms with van der Waals surface area (Å²) < 4.78 is 5.77. The SMILES string of the molecule is CCCCOc1cc(C)c(-c2cc(C)[nH]c(=O)c2C#N)c(C)c1. The molecule has 0 saturated carbocycles. The monoisotopic (exact) mass is 310 g/mol. The van der Waals surface area contributed by atoms with E-state index in [4.69, 9.17) is 4.74 Å². The number of benzene rings is 1. The third kappa shape index (κ3) is 3.62. The van der Waals surface area contributed by atoms with Crippen LogP contribution in [-0.2, 0) is 0 Å². The molecule has 4 nitrogen and oxygen atoms in total. The molecule has 120 valence electrons. The third-order valence-electron chi connectivity index (χ3n) is 3.82. The van der Waals surface area contributed by atoms with Crippen LogP contribution >= 0.6 is 0 Å². The van der Waals surface area contributed by atoms with E-state index in [1.54, 1.807) is 0 Å². The minimum atomic E-state index is -0.343. The van der Waals surface area contributed by atoms with Gasteiger partial charge >= 0.3 is 0 Å². The molecule has 1 heterocycles. The number of aryl methyl sites for hydroxylation is 3. The van der Waals surface area contributed by atoms with Gasteiger partial charge in [-0.15, -0.1) is 0 Å². The van der Waals surface area contributed by atoms with Gasteiger partial charge in [-0.2, -0.15) is 5.26 Å². The van der Waals surface area contributed by atoms with Crippen molar-refractivity contribution >= 4 is 0 Å². The first kappa shape index (κ1) is 16.8. The van der Waals surface area contributed by atoms with E-state index in [0.717, 1.165) is 41.0 Å². The maximum atomic E-state index is 12.0. The Labute approximate surface area is 136 Å². The summed E-state index contributed by atoms with van der Waals surface area (Å²) in [6.45, 7) is 8.60. The molecular weight excluding hydrogens is 288 g/mol. The van der Waals surface area contributed by atoms with Gasteiger partial charge in [0.25, 0.3) is 5.56 Å². The lowest BCUT2D eigenvalue weighted by Crippen LogP contribution is -2.13. The molecule has 23 heavy (non-hydrogen) atoms. The smallest absolute Gasteiger partial charge is 0.266 e. The summed E-state index contributed by atoms with van der Waals surface area (Å²) in [6, 6.07) is 7.82. The maximum absolute atomic E-state index is 12.0. The van der Waals surface area contributed by atoms with Gasteiger partial charge in [-0.05, 0) is 62.1 Å². The van der Waals surface area contributed by atoms with Gasteiger partial charge in [0, 0.05) is 11.3 Å². The van der Waals surface area contributed by atoms with Crippen molar-refractivity contribution < 1.29 is 4.74 Å². The van der Waals surface area contributed by atoms with E-state index in [9.17, 15) is 10.1 Å². The van der Waals surface area contributed by atoms with Gasteiger partial charge in [-0.3, -0.25) is 4.79 Å². The van der Waals surface area contributed by atoms with E-state index in [2.05, 4.69) is 11.9 Å². The molecule has 0 atom stereocenters. The zero-order chi connectivity index (χ0) is 17.0. The fourth-order valence-corrected chi connectivity index (χ4v) is 2.76. The second-order valence-corrected chi connectivity index (χ2v) is 5.82. The number of rotatable bonds is 5. The molecule has 0 aliphatic rings.